The number of nitrogens with one attached hydrogen (secondary N) is 1. The number of nitrogens with zero attached hydrogens (tertiary/aromatic N) is 2. The summed E-state index contributed by atoms with van der Waals surface area (Å²) in [7, 11) is 0. The van der Waals surface area contributed by atoms with Gasteiger partial charge in [0.25, 0.3) is 5.56 Å². The number of hydrogen-bond acceptors (Lipinski definition) is 9. The largest absolute Gasteiger partial charge is 0.454 e. The number of ether oxygens (including phenoxy) is 3. The number of esters is 2. The fourth-order valence-electron chi connectivity index (χ4n) is 3.18. The van der Waals surface area contributed by atoms with E-state index in [4.69, 9.17) is 25.8 Å². The summed E-state index contributed by atoms with van der Waals surface area (Å²) < 4.78 is 33.0. The van der Waals surface area contributed by atoms with Crippen LogP contribution < -0.4 is 11.2 Å². The first-order valence-corrected chi connectivity index (χ1v) is 10.5. The van der Waals surface area contributed by atoms with Crippen molar-refractivity contribution in [3.05, 3.63) is 27.0 Å². The predicted molar refractivity (Wildman–Crippen MR) is 104 cm³/mol. The summed E-state index contributed by atoms with van der Waals surface area (Å²) in [5.74, 6) is -2.78. The van der Waals surface area contributed by atoms with Crippen molar-refractivity contribution in [3.63, 3.8) is 0 Å². The summed E-state index contributed by atoms with van der Waals surface area (Å²) in [5.41, 5.74) is -6.55. The van der Waals surface area contributed by atoms with Crippen LogP contribution in [0.15, 0.2) is 15.8 Å². The highest BCUT2D eigenvalue weighted by Gasteiger charge is 2.93. The van der Waals surface area contributed by atoms with Crippen molar-refractivity contribution in [2.75, 3.05) is 5.88 Å². The Morgan fingerprint density at radius 2 is 1.97 bits per heavy atom. The van der Waals surface area contributed by atoms with Gasteiger partial charge in [0.15, 0.2) is 23.3 Å². The number of aromatic nitrogens is 3. The zero-order valence-corrected chi connectivity index (χ0v) is 18.2. The molecule has 2 fully saturated rings. The number of carbonyl (C=O) groups excluding carboxylic acids is 2. The molecule has 30 heavy (non-hydrogen) atoms. The van der Waals surface area contributed by atoms with Gasteiger partial charge in [0.05, 0.1) is 17.7 Å². The molecule has 166 valence electrons. The Bertz CT molecular complexity index is 969. The number of halogens is 2. The average Bonchev–Trinajstić information content (AvgIpc) is 3.11. The molecule has 0 radical (unpaired) electrons. The van der Waals surface area contributed by atoms with E-state index in [2.05, 4.69) is 5.10 Å². The van der Waals surface area contributed by atoms with Crippen molar-refractivity contribution in [3.8, 4) is 0 Å². The van der Waals surface area contributed by atoms with Crippen LogP contribution in [-0.2, 0) is 23.8 Å². The molecule has 0 spiro atoms. The van der Waals surface area contributed by atoms with E-state index in [0.717, 1.165) is 10.3 Å². The number of aromatic amines is 1. The van der Waals surface area contributed by atoms with Crippen molar-refractivity contribution in [1.82, 2.24) is 14.2 Å². The van der Waals surface area contributed by atoms with E-state index >= 15 is 4.39 Å². The van der Waals surface area contributed by atoms with Crippen LogP contribution in [0.2, 0.25) is 0 Å². The highest BCUT2D eigenvalue weighted by molar-refractivity contribution is 7.98. The molecule has 0 amide bonds. The van der Waals surface area contributed by atoms with E-state index in [9.17, 15) is 19.2 Å². The monoisotopic (exact) mass is 465 g/mol. The van der Waals surface area contributed by atoms with Gasteiger partial charge < -0.3 is 14.2 Å². The van der Waals surface area contributed by atoms with E-state index in [1.54, 1.807) is 27.7 Å². The molecule has 3 rings (SSSR count). The Hall–Kier alpha value is -1.92. The van der Waals surface area contributed by atoms with E-state index in [1.165, 1.54) is 0 Å². The molecule has 1 saturated carbocycles. The molecule has 1 aliphatic carbocycles. The van der Waals surface area contributed by atoms with Crippen LogP contribution in [0, 0.1) is 11.8 Å². The third-order valence-corrected chi connectivity index (χ3v) is 6.30. The summed E-state index contributed by atoms with van der Waals surface area (Å²) >= 11 is 6.61. The molecule has 1 N–H and O–H groups in total. The van der Waals surface area contributed by atoms with E-state index in [1.807, 2.05) is 4.98 Å². The molecule has 13 heteroatoms. The number of carbonyl (C=O) groups is 2. The van der Waals surface area contributed by atoms with Gasteiger partial charge in [-0.05, 0) is 0 Å². The molecule has 0 aromatic carbocycles. The van der Waals surface area contributed by atoms with Crippen LogP contribution in [0.25, 0.3) is 0 Å². The fraction of sp³-hybridized carbons (Fsp3) is 0.706. The number of H-pyrrole nitrogens is 1. The van der Waals surface area contributed by atoms with Gasteiger partial charge in [-0.3, -0.25) is 19.4 Å². The molecule has 0 bridgehead atoms. The maximum absolute atomic E-state index is 15.6. The number of hydrogen-bond donors (Lipinski definition) is 1. The smallest absolute Gasteiger partial charge is 0.355 e. The second-order valence-electron chi connectivity index (χ2n) is 7.67. The molecular formula is C17H21ClFN3O7S. The Kier molecular flexibility index (Phi) is 6.04. The number of fused-ring (bicyclic) bond motifs is 1. The Morgan fingerprint density at radius 3 is 2.50 bits per heavy atom. The molecule has 5 atom stereocenters. The maximum Gasteiger partial charge on any atom is 0.355 e. The highest BCUT2D eigenvalue weighted by Crippen LogP contribution is 2.66. The van der Waals surface area contributed by atoms with Gasteiger partial charge in [-0.2, -0.15) is 9.19 Å². The minimum Gasteiger partial charge on any atom is -0.454 e. The third kappa shape index (κ3) is 3.44. The molecule has 1 aromatic rings. The van der Waals surface area contributed by atoms with Crippen LogP contribution >= 0.6 is 23.5 Å². The van der Waals surface area contributed by atoms with Crippen molar-refractivity contribution < 1.29 is 28.2 Å². The van der Waals surface area contributed by atoms with Gasteiger partial charge >= 0.3 is 17.6 Å². The van der Waals surface area contributed by atoms with Gasteiger partial charge in [-0.25, -0.2) is 9.18 Å². The lowest BCUT2D eigenvalue weighted by molar-refractivity contribution is -0.168. The summed E-state index contributed by atoms with van der Waals surface area (Å²) in [6.07, 6.45) is -2.40. The van der Waals surface area contributed by atoms with Gasteiger partial charge in [-0.15, -0.1) is 11.6 Å². The Balaban J connectivity index is 1.93. The number of rotatable bonds is 7. The van der Waals surface area contributed by atoms with Crippen molar-refractivity contribution >= 4 is 35.5 Å². The first-order chi connectivity index (χ1) is 14.0. The zero-order valence-electron chi connectivity index (χ0n) is 16.6. The van der Waals surface area contributed by atoms with E-state index in [-0.39, 0.29) is 5.88 Å². The Labute approximate surface area is 179 Å². The minimum atomic E-state index is -2.01. The fourth-order valence-corrected chi connectivity index (χ4v) is 4.56. The molecule has 10 nitrogen and oxygen atoms in total. The van der Waals surface area contributed by atoms with E-state index in [0.29, 0.717) is 11.9 Å². The van der Waals surface area contributed by atoms with Crippen molar-refractivity contribution in [2.45, 2.75) is 56.6 Å². The van der Waals surface area contributed by atoms with Gasteiger partial charge in [0.1, 0.15) is 6.20 Å². The van der Waals surface area contributed by atoms with Crippen LogP contribution in [0.4, 0.5) is 4.39 Å². The molecule has 2 heterocycles. The highest BCUT2D eigenvalue weighted by atomic mass is 35.5. The Morgan fingerprint density at radius 1 is 1.33 bits per heavy atom. The van der Waals surface area contributed by atoms with Crippen molar-refractivity contribution in [1.29, 1.82) is 0 Å². The summed E-state index contributed by atoms with van der Waals surface area (Å²) in [6.45, 7) is 6.33. The first-order valence-electron chi connectivity index (χ1n) is 9.17. The van der Waals surface area contributed by atoms with Gasteiger partial charge in [0, 0.05) is 11.9 Å². The zero-order chi connectivity index (χ0) is 22.4. The SMILES string of the molecule is CC(C)C(=O)OC1[C@@]2(CCl)OC(Sn3ncc(=O)[nH]c3=O)[C@H](F)[C@@]12OC(=O)C(C)C. The van der Waals surface area contributed by atoms with Crippen LogP contribution in [0.5, 0.6) is 0 Å². The van der Waals surface area contributed by atoms with Crippen molar-refractivity contribution in [2.24, 2.45) is 11.8 Å². The normalized spacial score (nSPS) is 32.2. The lowest BCUT2D eigenvalue weighted by Gasteiger charge is -2.23. The lowest BCUT2D eigenvalue weighted by Crippen LogP contribution is -2.41. The second-order valence-corrected chi connectivity index (χ2v) is 8.96. The first kappa shape index (κ1) is 22.8. The molecule has 1 saturated heterocycles. The summed E-state index contributed by atoms with van der Waals surface area (Å²) in [5, 5.41) is 3.62. The quantitative estimate of drug-likeness (QED) is 0.455. The topological polar surface area (TPSA) is 130 Å². The maximum atomic E-state index is 15.6. The van der Waals surface area contributed by atoms with E-state index < -0.39 is 63.9 Å². The second kappa shape index (κ2) is 7.97. The molecule has 1 aliphatic heterocycles. The molecule has 1 aromatic heterocycles. The third-order valence-electron chi connectivity index (χ3n) is 4.90. The van der Waals surface area contributed by atoms with Crippen LogP contribution in [0.1, 0.15) is 27.7 Å². The minimum absolute atomic E-state index is 0.333. The summed E-state index contributed by atoms with van der Waals surface area (Å²) in [6, 6.07) is 0. The average molecular weight is 466 g/mol. The summed E-state index contributed by atoms with van der Waals surface area (Å²) in [4.78, 5) is 49.5. The van der Waals surface area contributed by atoms with Crippen LogP contribution in [0.3, 0.4) is 0 Å². The van der Waals surface area contributed by atoms with Crippen LogP contribution in [-0.4, -0.2) is 60.9 Å². The molecule has 2 unspecified atom stereocenters. The standard InChI is InChI=1S/C17H21ClFN3O7S/c1-7(2)11(24)27-14-16(6-18)17(14,28-12(25)8(3)4)10(19)13(29-16)30-22-15(26)21-9(23)5-20-22/h5,7-8,10,13-14H,6H2,1-4H3,(H,21,23,26)/t10-,13?,14?,16+,17+/m0/s1. The van der Waals surface area contributed by atoms with Gasteiger partial charge in [-0.1, -0.05) is 27.7 Å². The van der Waals surface area contributed by atoms with Gasteiger partial charge in [0.2, 0.25) is 5.60 Å². The lowest BCUT2D eigenvalue weighted by atomic mass is 10.1. The molecular weight excluding hydrogens is 445 g/mol. The predicted octanol–water partition coefficient (Wildman–Crippen LogP) is 0.619. The molecule has 2 aliphatic rings. The number of alkyl halides is 2.